The average molecular weight is 560 g/mol. The van der Waals surface area contributed by atoms with E-state index < -0.39 is 6.10 Å². The molecule has 0 aromatic heterocycles. The number of halogens is 1. The molecule has 2 aliphatic heterocycles. The lowest BCUT2D eigenvalue weighted by atomic mass is 10.00. The van der Waals surface area contributed by atoms with Crippen LogP contribution in [0.3, 0.4) is 0 Å². The minimum absolute atomic E-state index is 0. The number of guanidine groups is 1. The Morgan fingerprint density at radius 3 is 2.69 bits per heavy atom. The summed E-state index contributed by atoms with van der Waals surface area (Å²) >= 11 is 0. The van der Waals surface area contributed by atoms with Crippen molar-refractivity contribution in [2.45, 2.75) is 45.9 Å². The molecule has 1 saturated heterocycles. The third-order valence-electron chi connectivity index (χ3n) is 5.83. The van der Waals surface area contributed by atoms with E-state index in [-0.39, 0.29) is 30.1 Å². The molecular weight excluding hydrogens is 517 g/mol. The Morgan fingerprint density at radius 1 is 1.16 bits per heavy atom. The van der Waals surface area contributed by atoms with Gasteiger partial charge in [-0.25, -0.2) is 0 Å². The molecule has 3 rings (SSSR count). The van der Waals surface area contributed by atoms with E-state index in [1.165, 1.54) is 11.1 Å². The molecule has 2 unspecified atom stereocenters. The van der Waals surface area contributed by atoms with Crippen LogP contribution in [0.5, 0.6) is 0 Å². The van der Waals surface area contributed by atoms with Gasteiger partial charge < -0.3 is 20.5 Å². The first-order chi connectivity index (χ1) is 15.0. The number of aliphatic imine (C=N–C) groups is 1. The predicted octanol–water partition coefficient (Wildman–Crippen LogP) is 1.94. The number of ether oxygens (including phenoxy) is 1. The highest BCUT2D eigenvalue weighted by molar-refractivity contribution is 14.0. The monoisotopic (exact) mass is 559 g/mol. The van der Waals surface area contributed by atoms with E-state index in [9.17, 15) is 5.11 Å². The van der Waals surface area contributed by atoms with Crippen molar-refractivity contribution in [3.05, 3.63) is 35.4 Å². The van der Waals surface area contributed by atoms with E-state index in [2.05, 4.69) is 70.5 Å². The van der Waals surface area contributed by atoms with Crippen LogP contribution in [0.4, 0.5) is 0 Å². The van der Waals surface area contributed by atoms with Gasteiger partial charge in [-0.15, -0.1) is 24.0 Å². The van der Waals surface area contributed by atoms with Gasteiger partial charge in [0.25, 0.3) is 0 Å². The topological polar surface area (TPSA) is 72.4 Å². The third-order valence-corrected chi connectivity index (χ3v) is 5.83. The molecule has 8 heteroatoms. The summed E-state index contributed by atoms with van der Waals surface area (Å²) < 4.78 is 5.93. The minimum atomic E-state index is -0.479. The summed E-state index contributed by atoms with van der Waals surface area (Å²) in [5, 5.41) is 17.2. The number of hydrogen-bond donors (Lipinski definition) is 3. The van der Waals surface area contributed by atoms with E-state index in [4.69, 9.17) is 4.74 Å². The molecule has 0 spiro atoms. The zero-order valence-corrected chi connectivity index (χ0v) is 22.3. The van der Waals surface area contributed by atoms with Crippen LogP contribution in [-0.4, -0.2) is 92.0 Å². The number of morpholine rings is 1. The molecule has 2 heterocycles. The van der Waals surface area contributed by atoms with E-state index in [1.54, 1.807) is 0 Å². The van der Waals surface area contributed by atoms with Crippen LogP contribution >= 0.6 is 24.0 Å². The van der Waals surface area contributed by atoms with E-state index in [0.29, 0.717) is 19.0 Å². The lowest BCUT2D eigenvalue weighted by Crippen LogP contribution is -2.50. The summed E-state index contributed by atoms with van der Waals surface area (Å²) in [6.07, 6.45) is 0.730. The number of rotatable bonds is 9. The van der Waals surface area contributed by atoms with Crippen LogP contribution in [0, 0.1) is 5.92 Å². The first kappa shape index (κ1) is 27.3. The van der Waals surface area contributed by atoms with Crippen molar-refractivity contribution >= 4 is 29.9 Å². The van der Waals surface area contributed by atoms with Gasteiger partial charge in [-0.2, -0.15) is 0 Å². The summed E-state index contributed by atoms with van der Waals surface area (Å²) in [5.41, 5.74) is 2.81. The highest BCUT2D eigenvalue weighted by atomic mass is 127. The second kappa shape index (κ2) is 14.3. The molecule has 1 aromatic carbocycles. The highest BCUT2D eigenvalue weighted by Gasteiger charge is 2.21. The van der Waals surface area contributed by atoms with Gasteiger partial charge in [-0.3, -0.25) is 14.8 Å². The zero-order valence-electron chi connectivity index (χ0n) is 19.9. The fourth-order valence-electron chi connectivity index (χ4n) is 4.40. The number of β-amino-alcohol motifs (C(OH)–C–C–N with tert-alkyl or cyclic N) is 1. The Morgan fingerprint density at radius 2 is 1.94 bits per heavy atom. The SMILES string of the molecule is CCNC(=NCC(O)CN1CCc2ccccc2C1)NCC1CN(CC(C)C)CCO1.I. The number of benzene rings is 1. The Balaban J connectivity index is 0.00000363. The molecule has 0 radical (unpaired) electrons. The number of fused-ring (bicyclic) bond motifs is 1. The Hall–Kier alpha value is -0.940. The first-order valence-corrected chi connectivity index (χ1v) is 11.9. The largest absolute Gasteiger partial charge is 0.390 e. The highest BCUT2D eigenvalue weighted by Crippen LogP contribution is 2.18. The lowest BCUT2D eigenvalue weighted by Gasteiger charge is -2.34. The van der Waals surface area contributed by atoms with Gasteiger partial charge >= 0.3 is 0 Å². The molecule has 3 N–H and O–H groups in total. The van der Waals surface area contributed by atoms with Gasteiger partial charge in [-0.1, -0.05) is 38.1 Å². The summed E-state index contributed by atoms with van der Waals surface area (Å²) in [6, 6.07) is 8.59. The summed E-state index contributed by atoms with van der Waals surface area (Å²) in [6.45, 7) is 14.9. The van der Waals surface area contributed by atoms with E-state index in [0.717, 1.165) is 64.8 Å². The van der Waals surface area contributed by atoms with E-state index in [1.807, 2.05) is 0 Å². The van der Waals surface area contributed by atoms with Gasteiger partial charge in [0.05, 0.1) is 25.4 Å². The molecule has 32 heavy (non-hydrogen) atoms. The summed E-state index contributed by atoms with van der Waals surface area (Å²) in [4.78, 5) is 9.42. The van der Waals surface area contributed by atoms with Crippen molar-refractivity contribution in [2.24, 2.45) is 10.9 Å². The van der Waals surface area contributed by atoms with E-state index >= 15 is 0 Å². The van der Waals surface area contributed by atoms with Gasteiger partial charge in [0, 0.05) is 52.4 Å². The van der Waals surface area contributed by atoms with Crippen LogP contribution in [0.1, 0.15) is 31.9 Å². The maximum atomic E-state index is 10.6. The van der Waals surface area contributed by atoms with Crippen LogP contribution in [-0.2, 0) is 17.7 Å². The predicted molar refractivity (Wildman–Crippen MR) is 142 cm³/mol. The molecular formula is C24H42IN5O2. The standard InChI is InChI=1S/C24H41N5O2.HI/c1-4-25-24(27-14-23-18-29(11-12-31-23)15-19(2)3)26-13-22(30)17-28-10-9-20-7-5-6-8-21(20)16-28;/h5-8,19,22-23,30H,4,9-18H2,1-3H3,(H2,25,26,27);1H. The van der Waals surface area contributed by atoms with Gasteiger partial charge in [-0.05, 0) is 30.4 Å². The molecule has 2 atom stereocenters. The van der Waals surface area contributed by atoms with Gasteiger partial charge in [0.1, 0.15) is 0 Å². The molecule has 7 nitrogen and oxygen atoms in total. The fraction of sp³-hybridized carbons (Fsp3) is 0.708. The first-order valence-electron chi connectivity index (χ1n) is 11.9. The molecule has 182 valence electrons. The molecule has 1 fully saturated rings. The van der Waals surface area contributed by atoms with Crippen molar-refractivity contribution in [1.82, 2.24) is 20.4 Å². The zero-order chi connectivity index (χ0) is 22.1. The Labute approximate surface area is 211 Å². The normalized spacial score (nSPS) is 21.0. The minimum Gasteiger partial charge on any atom is -0.390 e. The maximum absolute atomic E-state index is 10.6. The number of nitrogens with zero attached hydrogens (tertiary/aromatic N) is 3. The van der Waals surface area contributed by atoms with Crippen molar-refractivity contribution < 1.29 is 9.84 Å². The van der Waals surface area contributed by atoms with Gasteiger partial charge in [0.15, 0.2) is 5.96 Å². The molecule has 2 aliphatic rings. The number of hydrogen-bond acceptors (Lipinski definition) is 5. The fourth-order valence-corrected chi connectivity index (χ4v) is 4.40. The van der Waals surface area contributed by atoms with Crippen molar-refractivity contribution in [2.75, 3.05) is 59.0 Å². The second-order valence-corrected chi connectivity index (χ2v) is 9.15. The Kier molecular flexibility index (Phi) is 12.2. The van der Waals surface area contributed by atoms with Crippen molar-refractivity contribution in [1.29, 1.82) is 0 Å². The van der Waals surface area contributed by atoms with Crippen LogP contribution in [0.2, 0.25) is 0 Å². The average Bonchev–Trinajstić information content (AvgIpc) is 2.75. The number of nitrogens with one attached hydrogen (secondary N) is 2. The molecule has 1 aromatic rings. The smallest absolute Gasteiger partial charge is 0.191 e. The van der Waals surface area contributed by atoms with Crippen molar-refractivity contribution in [3.63, 3.8) is 0 Å². The van der Waals surface area contributed by atoms with Crippen LogP contribution in [0.25, 0.3) is 0 Å². The molecule has 0 aliphatic carbocycles. The second-order valence-electron chi connectivity index (χ2n) is 9.15. The van der Waals surface area contributed by atoms with Gasteiger partial charge in [0.2, 0.25) is 0 Å². The van der Waals surface area contributed by atoms with Crippen molar-refractivity contribution in [3.8, 4) is 0 Å². The quantitative estimate of drug-likeness (QED) is 0.244. The third kappa shape index (κ3) is 9.13. The maximum Gasteiger partial charge on any atom is 0.191 e. The molecule has 0 saturated carbocycles. The summed E-state index contributed by atoms with van der Waals surface area (Å²) in [7, 11) is 0. The number of aliphatic hydroxyl groups excluding tert-OH is 1. The van der Waals surface area contributed by atoms with Crippen LogP contribution in [0.15, 0.2) is 29.3 Å². The lowest BCUT2D eigenvalue weighted by molar-refractivity contribution is -0.0284. The number of aliphatic hydroxyl groups is 1. The Bertz CT molecular complexity index is 703. The van der Waals surface area contributed by atoms with Crippen LogP contribution < -0.4 is 10.6 Å². The molecule has 0 bridgehead atoms. The molecule has 0 amide bonds. The summed E-state index contributed by atoms with van der Waals surface area (Å²) in [5.74, 6) is 1.41.